The Kier molecular flexibility index (Phi) is 11.6. The summed E-state index contributed by atoms with van der Waals surface area (Å²) in [5.74, 6) is 2.03. The van der Waals surface area contributed by atoms with Gasteiger partial charge in [-0.05, 0) is 166 Å². The number of pyridine rings is 1. The van der Waals surface area contributed by atoms with Crippen LogP contribution in [0.4, 0.5) is 17.1 Å². The van der Waals surface area contributed by atoms with Crippen LogP contribution in [-0.2, 0) is 0 Å². The molecule has 2 saturated carbocycles. The van der Waals surface area contributed by atoms with Crippen LogP contribution in [0.3, 0.4) is 0 Å². The second kappa shape index (κ2) is 17.4. The lowest BCUT2D eigenvalue weighted by atomic mass is 9.59. The smallest absolute Gasteiger partial charge is 0.265 e. The average Bonchev–Trinajstić information content (AvgIpc) is 3.93. The van der Waals surface area contributed by atoms with Gasteiger partial charge in [-0.3, -0.25) is 14.4 Å². The third-order valence-electron chi connectivity index (χ3n) is 15.3. The van der Waals surface area contributed by atoms with Gasteiger partial charge in [-0.25, -0.2) is 4.98 Å². The third-order valence-corrected chi connectivity index (χ3v) is 16.0. The van der Waals surface area contributed by atoms with Crippen molar-refractivity contribution >= 4 is 46.0 Å². The first-order valence-corrected chi connectivity index (χ1v) is 24.2. The van der Waals surface area contributed by atoms with Crippen LogP contribution >= 0.6 is 11.9 Å². The Morgan fingerprint density at radius 3 is 2.61 bits per heavy atom. The fraction of sp³-hybridized carbons (Fsp3) is 0.490. The largest absolute Gasteiger partial charge is 0.489 e. The summed E-state index contributed by atoms with van der Waals surface area (Å²) >= 11 is 1.11. The van der Waals surface area contributed by atoms with E-state index in [9.17, 15) is 14.8 Å². The van der Waals surface area contributed by atoms with Gasteiger partial charge in [-0.2, -0.15) is 0 Å². The average molecular weight is 884 g/mol. The van der Waals surface area contributed by atoms with Crippen LogP contribution < -0.4 is 24.4 Å². The van der Waals surface area contributed by atoms with Crippen molar-refractivity contribution in [3.8, 4) is 17.2 Å². The van der Waals surface area contributed by atoms with Gasteiger partial charge in [-0.15, -0.1) is 4.91 Å². The lowest BCUT2D eigenvalue weighted by molar-refractivity contribution is -0.0227. The number of aryl methyl sites for hydroxylation is 1. The molecule has 2 aromatic heterocycles. The fourth-order valence-corrected chi connectivity index (χ4v) is 12.1. The predicted molar refractivity (Wildman–Crippen MR) is 254 cm³/mol. The highest BCUT2D eigenvalue weighted by Gasteiger charge is 2.50. The van der Waals surface area contributed by atoms with Crippen molar-refractivity contribution < 1.29 is 19.4 Å². The van der Waals surface area contributed by atoms with E-state index >= 15 is 0 Å². The zero-order chi connectivity index (χ0) is 44.2. The van der Waals surface area contributed by atoms with E-state index in [1.165, 1.54) is 43.4 Å². The van der Waals surface area contributed by atoms with Gasteiger partial charge in [0.05, 0.1) is 23.4 Å². The van der Waals surface area contributed by atoms with Gasteiger partial charge in [0.25, 0.3) is 5.91 Å². The number of fused-ring (bicyclic) bond motifs is 2. The molecule has 336 valence electrons. The number of carbonyl (C=O) groups excluding carboxylic acids is 1. The molecule has 1 spiro atoms. The molecule has 3 aliphatic heterocycles. The maximum Gasteiger partial charge on any atom is 0.265 e. The number of piperidine rings is 1. The van der Waals surface area contributed by atoms with Crippen molar-refractivity contribution in [2.24, 2.45) is 16.5 Å². The van der Waals surface area contributed by atoms with E-state index in [0.717, 1.165) is 85.8 Å². The molecular weight excluding hydrogens is 823 g/mol. The summed E-state index contributed by atoms with van der Waals surface area (Å²) in [6, 6.07) is 21.6. The summed E-state index contributed by atoms with van der Waals surface area (Å²) in [4.78, 5) is 39.9. The minimum atomic E-state index is -0.630. The highest BCUT2D eigenvalue weighted by atomic mass is 32.2. The lowest BCUT2D eigenvalue weighted by Gasteiger charge is -2.56. The minimum absolute atomic E-state index is 0.0174. The number of aromatic amines is 1. The Morgan fingerprint density at radius 2 is 1.83 bits per heavy atom. The van der Waals surface area contributed by atoms with Crippen LogP contribution in [-0.4, -0.2) is 69.8 Å². The van der Waals surface area contributed by atoms with Crippen LogP contribution in [0.1, 0.15) is 124 Å². The molecule has 2 atom stereocenters. The molecule has 0 unspecified atom stereocenters. The monoisotopic (exact) mass is 883 g/mol. The number of nitrogens with one attached hydrogen (secondary N) is 3. The zero-order valence-electron chi connectivity index (χ0n) is 37.5. The maximum absolute atomic E-state index is 14.1. The number of hydrogen-bond donors (Lipinski definition) is 4. The fourth-order valence-electron chi connectivity index (χ4n) is 11.5. The van der Waals surface area contributed by atoms with E-state index in [0.29, 0.717) is 69.3 Å². The van der Waals surface area contributed by atoms with E-state index in [1.807, 2.05) is 50.4 Å². The molecule has 5 aromatic rings. The Balaban J connectivity index is 0.825. The van der Waals surface area contributed by atoms with E-state index in [-0.39, 0.29) is 17.6 Å². The number of ether oxygens (including phenoxy) is 2. The molecule has 64 heavy (non-hydrogen) atoms. The highest BCUT2D eigenvalue weighted by molar-refractivity contribution is 7.98. The van der Waals surface area contributed by atoms with E-state index < -0.39 is 5.60 Å². The first-order chi connectivity index (χ1) is 30.9. The molecule has 13 heteroatoms. The van der Waals surface area contributed by atoms with Crippen LogP contribution in [0, 0.1) is 23.2 Å². The first-order valence-electron chi connectivity index (χ1n) is 23.4. The van der Waals surface area contributed by atoms with E-state index in [1.54, 1.807) is 12.3 Å². The summed E-state index contributed by atoms with van der Waals surface area (Å²) in [5, 5.41) is 18.3. The molecule has 12 nitrogen and oxygen atoms in total. The summed E-state index contributed by atoms with van der Waals surface area (Å²) in [7, 11) is 0. The molecule has 2 saturated heterocycles. The van der Waals surface area contributed by atoms with Crippen LogP contribution in [0.2, 0.25) is 0 Å². The van der Waals surface area contributed by atoms with Crippen LogP contribution in [0.15, 0.2) is 83.1 Å². The van der Waals surface area contributed by atoms with Gasteiger partial charge in [0.15, 0.2) is 0 Å². The number of rotatable bonds is 11. The number of amides is 1. The van der Waals surface area contributed by atoms with Crippen molar-refractivity contribution in [1.29, 1.82) is 0 Å². The number of hydrogen-bond acceptors (Lipinski definition) is 11. The van der Waals surface area contributed by atoms with Crippen molar-refractivity contribution in [1.82, 2.24) is 19.6 Å². The number of H-pyrrole nitrogens is 1. The normalized spacial score (nSPS) is 24.5. The number of carbonyl (C=O) groups is 1. The number of anilines is 2. The number of nitroso groups, excluding NO2 is 1. The Hall–Kier alpha value is -5.11. The second-order valence-electron chi connectivity index (χ2n) is 19.9. The number of nitrogens with zero attached hydrogens (tertiary/aromatic N) is 4. The molecule has 10 rings (SSSR count). The van der Waals surface area contributed by atoms with Gasteiger partial charge in [0, 0.05) is 53.4 Å². The summed E-state index contributed by atoms with van der Waals surface area (Å²) in [5.41, 5.74) is 6.84. The number of benzene rings is 3. The highest BCUT2D eigenvalue weighted by Crippen LogP contribution is 2.54. The molecule has 5 heterocycles. The zero-order valence-corrected chi connectivity index (χ0v) is 38.3. The van der Waals surface area contributed by atoms with E-state index in [4.69, 9.17) is 9.47 Å². The molecule has 4 N–H and O–H groups in total. The first kappa shape index (κ1) is 42.8. The van der Waals surface area contributed by atoms with Crippen LogP contribution in [0.25, 0.3) is 11.0 Å². The molecule has 1 amide bonds. The molecular formula is C51H61N7O5S. The standard InChI is InChI=1S/C51H61N7O5S/c1-31(2)38-8-5-6-9-39(38)44-10-7-19-58(44)35-26-51(27-35)17-20-57(21-18-51)34-11-12-40(45(22-34)63-36-23-41-32(3)28-52-48(41)53-29-36)49(59)56-64-37-24-42(55-61)47-46(25-37)62-30-43(54-47)33-13-15-50(4,60)16-14-33/h5-6,8-9,11-12,22-25,28-29,31,33,35,43-44,54,60H,7,10,13-21,26-27,30H2,1-4H3,(H,52,53)(H,56,59)/t33-,43-,44+,50-/m1/s1. The maximum atomic E-state index is 14.1. The van der Waals surface area contributed by atoms with Gasteiger partial charge < -0.3 is 29.8 Å². The molecule has 0 bridgehead atoms. The quantitative estimate of drug-likeness (QED) is 0.0747. The van der Waals surface area contributed by atoms with E-state index in [2.05, 4.69) is 73.1 Å². The van der Waals surface area contributed by atoms with Gasteiger partial charge >= 0.3 is 0 Å². The Morgan fingerprint density at radius 1 is 1.03 bits per heavy atom. The number of aliphatic hydroxyl groups is 1. The Bertz CT molecular complexity index is 2530. The topological polar surface area (TPSA) is 144 Å². The van der Waals surface area contributed by atoms with Crippen LogP contribution in [0.5, 0.6) is 17.2 Å². The minimum Gasteiger partial charge on any atom is -0.489 e. The van der Waals surface area contributed by atoms with Crippen molar-refractivity contribution in [2.75, 3.05) is 36.5 Å². The predicted octanol–water partition coefficient (Wildman–Crippen LogP) is 11.3. The molecule has 2 aliphatic carbocycles. The van der Waals surface area contributed by atoms with Crippen molar-refractivity contribution in [3.05, 3.63) is 100 Å². The van der Waals surface area contributed by atoms with Gasteiger partial charge in [0.1, 0.15) is 40.9 Å². The summed E-state index contributed by atoms with van der Waals surface area (Å²) in [6.07, 6.45) is 14.2. The molecule has 5 aliphatic rings. The van der Waals surface area contributed by atoms with Gasteiger partial charge in [0.2, 0.25) is 0 Å². The third kappa shape index (κ3) is 8.47. The molecule has 3 aromatic carbocycles. The summed E-state index contributed by atoms with van der Waals surface area (Å²) in [6.45, 7) is 12.1. The SMILES string of the molecule is Cc1c[nH]c2ncc(Oc3cc(N4CCC5(CC4)CC(N4CCC[C@H]4c4ccccc4C(C)C)C5)ccc3C(=O)NSc3cc(N=O)c4c(c3)OC[C@H]([C@H]3CC[C@](C)(O)CC3)N4)cc12. The summed E-state index contributed by atoms with van der Waals surface area (Å²) < 4.78 is 15.8. The van der Waals surface area contributed by atoms with Crippen molar-refractivity contribution in [3.63, 3.8) is 0 Å². The number of likely N-dealkylation sites (tertiary alicyclic amines) is 1. The lowest BCUT2D eigenvalue weighted by Crippen LogP contribution is -2.54. The van der Waals surface area contributed by atoms with Crippen molar-refractivity contribution in [2.45, 2.75) is 126 Å². The Labute approximate surface area is 380 Å². The molecule has 4 fully saturated rings. The van der Waals surface area contributed by atoms with Gasteiger partial charge in [-0.1, -0.05) is 38.1 Å². The number of aromatic nitrogens is 2. The molecule has 0 radical (unpaired) electrons. The second-order valence-corrected chi connectivity index (χ2v) is 20.8.